The van der Waals surface area contributed by atoms with Gasteiger partial charge in [-0.3, -0.25) is 4.79 Å². The second-order valence-corrected chi connectivity index (χ2v) is 7.78. The average molecular weight is 469 g/mol. The van der Waals surface area contributed by atoms with Crippen molar-refractivity contribution in [2.24, 2.45) is 0 Å². The number of nitrogens with one attached hydrogen (secondary N) is 1. The van der Waals surface area contributed by atoms with Gasteiger partial charge in [0.25, 0.3) is 5.91 Å². The number of nitriles is 1. The number of hydrogen-bond acceptors (Lipinski definition) is 3. The standard InChI is InChI=1S/C25H19Cl2FN2O2/c1-16(18-7-3-2-4-8-18)30-25(31)20(14-29)11-17-12-21(26)24(22(27)13-17)32-15-19-9-5-6-10-23(19)28/h2-13,16H,15H2,1H3,(H,30,31)/b20-11-/t16-/m0/s1. The third-order valence-electron chi connectivity index (χ3n) is 4.67. The zero-order valence-corrected chi connectivity index (χ0v) is 18.6. The fourth-order valence-corrected chi connectivity index (χ4v) is 3.59. The molecule has 0 bridgehead atoms. The Morgan fingerprint density at radius 2 is 1.75 bits per heavy atom. The van der Waals surface area contributed by atoms with E-state index in [1.165, 1.54) is 24.3 Å². The van der Waals surface area contributed by atoms with Gasteiger partial charge in [-0.15, -0.1) is 0 Å². The van der Waals surface area contributed by atoms with Gasteiger partial charge in [0, 0.05) is 5.56 Å². The summed E-state index contributed by atoms with van der Waals surface area (Å²) in [5.74, 6) is -0.723. The summed E-state index contributed by atoms with van der Waals surface area (Å²) < 4.78 is 19.4. The number of nitrogens with zero attached hydrogens (tertiary/aromatic N) is 1. The Hall–Kier alpha value is -3.33. The van der Waals surface area contributed by atoms with Crippen LogP contribution in [-0.2, 0) is 11.4 Å². The zero-order chi connectivity index (χ0) is 23.1. The summed E-state index contributed by atoms with van der Waals surface area (Å²) in [5.41, 5.74) is 1.64. The van der Waals surface area contributed by atoms with E-state index < -0.39 is 11.7 Å². The fraction of sp³-hybridized carbons (Fsp3) is 0.120. The minimum atomic E-state index is -0.518. The Labute approximate surface area is 195 Å². The van der Waals surface area contributed by atoms with Gasteiger partial charge in [-0.1, -0.05) is 71.7 Å². The van der Waals surface area contributed by atoms with Crippen molar-refractivity contribution in [3.05, 3.63) is 105 Å². The predicted octanol–water partition coefficient (Wildman–Crippen LogP) is 6.50. The van der Waals surface area contributed by atoms with Crippen LogP contribution in [0, 0.1) is 17.1 Å². The van der Waals surface area contributed by atoms with E-state index in [1.807, 2.05) is 43.3 Å². The number of halogens is 3. The van der Waals surface area contributed by atoms with Crippen LogP contribution in [0.3, 0.4) is 0 Å². The van der Waals surface area contributed by atoms with E-state index in [2.05, 4.69) is 5.32 Å². The number of carbonyl (C=O) groups is 1. The molecule has 0 heterocycles. The maximum Gasteiger partial charge on any atom is 0.262 e. The molecule has 4 nitrogen and oxygen atoms in total. The van der Waals surface area contributed by atoms with Crippen LogP contribution in [-0.4, -0.2) is 5.91 Å². The van der Waals surface area contributed by atoms with Crippen LogP contribution in [0.2, 0.25) is 10.0 Å². The lowest BCUT2D eigenvalue weighted by Gasteiger charge is -2.14. The van der Waals surface area contributed by atoms with Gasteiger partial charge < -0.3 is 10.1 Å². The summed E-state index contributed by atoms with van der Waals surface area (Å²) in [6.45, 7) is 1.78. The highest BCUT2D eigenvalue weighted by Gasteiger charge is 2.15. The van der Waals surface area contributed by atoms with Crippen LogP contribution in [0.5, 0.6) is 5.75 Å². The quantitative estimate of drug-likeness (QED) is 0.318. The Morgan fingerprint density at radius 3 is 2.38 bits per heavy atom. The van der Waals surface area contributed by atoms with Gasteiger partial charge >= 0.3 is 0 Å². The molecule has 3 aromatic rings. The van der Waals surface area contributed by atoms with E-state index in [-0.39, 0.29) is 34.0 Å². The third-order valence-corrected chi connectivity index (χ3v) is 5.24. The number of ether oxygens (including phenoxy) is 1. The summed E-state index contributed by atoms with van der Waals surface area (Å²) in [6, 6.07) is 20.3. The van der Waals surface area contributed by atoms with Crippen LogP contribution in [0.4, 0.5) is 4.39 Å². The van der Waals surface area contributed by atoms with E-state index in [4.69, 9.17) is 27.9 Å². The van der Waals surface area contributed by atoms with Gasteiger partial charge in [-0.2, -0.15) is 5.26 Å². The highest BCUT2D eigenvalue weighted by atomic mass is 35.5. The molecule has 1 atom stereocenters. The molecule has 162 valence electrons. The van der Waals surface area contributed by atoms with E-state index in [0.29, 0.717) is 11.1 Å². The van der Waals surface area contributed by atoms with Gasteiger partial charge in [0.05, 0.1) is 16.1 Å². The SMILES string of the molecule is C[C@H](NC(=O)/C(C#N)=C\c1cc(Cl)c(OCc2ccccc2F)c(Cl)c1)c1ccccc1. The Morgan fingerprint density at radius 1 is 1.12 bits per heavy atom. The average Bonchev–Trinajstić information content (AvgIpc) is 2.78. The molecule has 0 saturated carbocycles. The van der Waals surface area contributed by atoms with E-state index in [1.54, 1.807) is 18.2 Å². The molecule has 0 radical (unpaired) electrons. The number of rotatable bonds is 7. The van der Waals surface area contributed by atoms with Crippen LogP contribution in [0.1, 0.15) is 29.7 Å². The van der Waals surface area contributed by atoms with Crippen molar-refractivity contribution in [3.8, 4) is 11.8 Å². The molecule has 0 aliphatic heterocycles. The molecule has 0 aliphatic carbocycles. The monoisotopic (exact) mass is 468 g/mol. The molecule has 0 unspecified atom stereocenters. The van der Waals surface area contributed by atoms with Crippen molar-refractivity contribution in [2.45, 2.75) is 19.6 Å². The second-order valence-electron chi connectivity index (χ2n) is 6.97. The summed E-state index contributed by atoms with van der Waals surface area (Å²) >= 11 is 12.6. The van der Waals surface area contributed by atoms with Crippen molar-refractivity contribution in [1.29, 1.82) is 5.26 Å². The van der Waals surface area contributed by atoms with Crippen LogP contribution >= 0.6 is 23.2 Å². The molecule has 0 spiro atoms. The maximum absolute atomic E-state index is 13.8. The first-order valence-corrected chi connectivity index (χ1v) is 10.5. The van der Waals surface area contributed by atoms with Crippen molar-refractivity contribution >= 4 is 35.2 Å². The molecule has 1 amide bonds. The lowest BCUT2D eigenvalue weighted by atomic mass is 10.1. The molecule has 0 aromatic heterocycles. The molecule has 32 heavy (non-hydrogen) atoms. The third kappa shape index (κ3) is 5.88. The molecule has 0 aliphatic rings. The van der Waals surface area contributed by atoms with Gasteiger partial charge in [0.2, 0.25) is 0 Å². The molecule has 0 saturated heterocycles. The second kappa shape index (κ2) is 10.8. The van der Waals surface area contributed by atoms with Gasteiger partial charge in [0.15, 0.2) is 5.75 Å². The van der Waals surface area contributed by atoms with E-state index in [0.717, 1.165) is 5.56 Å². The van der Waals surface area contributed by atoms with Crippen molar-refractivity contribution < 1.29 is 13.9 Å². The molecule has 1 N–H and O–H groups in total. The lowest BCUT2D eigenvalue weighted by molar-refractivity contribution is -0.117. The first kappa shape index (κ1) is 23.3. The maximum atomic E-state index is 13.8. The number of benzene rings is 3. The Kier molecular flexibility index (Phi) is 7.88. The van der Waals surface area contributed by atoms with Gasteiger partial charge in [-0.25, -0.2) is 4.39 Å². The zero-order valence-electron chi connectivity index (χ0n) is 17.1. The molecular weight excluding hydrogens is 450 g/mol. The predicted molar refractivity (Wildman–Crippen MR) is 124 cm³/mol. The Balaban J connectivity index is 1.75. The summed E-state index contributed by atoms with van der Waals surface area (Å²) in [6.07, 6.45) is 1.39. The molecule has 7 heteroatoms. The summed E-state index contributed by atoms with van der Waals surface area (Å²) in [5, 5.41) is 12.6. The van der Waals surface area contributed by atoms with Gasteiger partial charge in [0.1, 0.15) is 24.1 Å². The van der Waals surface area contributed by atoms with Crippen molar-refractivity contribution in [3.63, 3.8) is 0 Å². The van der Waals surface area contributed by atoms with Crippen molar-refractivity contribution in [1.82, 2.24) is 5.32 Å². The minimum absolute atomic E-state index is 0.0511. The normalized spacial score (nSPS) is 12.0. The minimum Gasteiger partial charge on any atom is -0.486 e. The van der Waals surface area contributed by atoms with Crippen LogP contribution in [0.25, 0.3) is 6.08 Å². The van der Waals surface area contributed by atoms with Crippen molar-refractivity contribution in [2.75, 3.05) is 0 Å². The summed E-state index contributed by atoms with van der Waals surface area (Å²) in [7, 11) is 0. The van der Waals surface area contributed by atoms with Gasteiger partial charge in [-0.05, 0) is 42.3 Å². The fourth-order valence-electron chi connectivity index (χ4n) is 2.98. The van der Waals surface area contributed by atoms with E-state index >= 15 is 0 Å². The van der Waals surface area contributed by atoms with Crippen LogP contribution in [0.15, 0.2) is 72.3 Å². The first-order valence-electron chi connectivity index (χ1n) is 9.72. The number of carbonyl (C=O) groups excluding carboxylic acids is 1. The van der Waals surface area contributed by atoms with Crippen LogP contribution < -0.4 is 10.1 Å². The molecule has 0 fully saturated rings. The molecule has 3 aromatic carbocycles. The summed E-state index contributed by atoms with van der Waals surface area (Å²) in [4.78, 5) is 12.6. The van der Waals surface area contributed by atoms with E-state index in [9.17, 15) is 14.4 Å². The Bertz CT molecular complexity index is 1170. The molecule has 3 rings (SSSR count). The first-order chi connectivity index (χ1) is 15.4. The number of amides is 1. The number of hydrogen-bond donors (Lipinski definition) is 1. The topological polar surface area (TPSA) is 62.1 Å². The highest BCUT2D eigenvalue weighted by molar-refractivity contribution is 6.37. The highest BCUT2D eigenvalue weighted by Crippen LogP contribution is 2.35. The molecular formula is C25H19Cl2FN2O2. The largest absolute Gasteiger partial charge is 0.486 e. The smallest absolute Gasteiger partial charge is 0.262 e. The lowest BCUT2D eigenvalue weighted by Crippen LogP contribution is -2.27.